The number of ether oxygens (including phenoxy) is 2. The molecule has 0 aromatic carbocycles. The lowest BCUT2D eigenvalue weighted by atomic mass is 10.1. The second-order valence-corrected chi connectivity index (χ2v) is 2.94. The van der Waals surface area contributed by atoms with E-state index in [-0.39, 0.29) is 5.97 Å². The average molecular weight is 202 g/mol. The van der Waals surface area contributed by atoms with Crippen LogP contribution in [0.3, 0.4) is 0 Å². The molecule has 0 saturated heterocycles. The maximum absolute atomic E-state index is 10.9. The van der Waals surface area contributed by atoms with Gasteiger partial charge in [0, 0.05) is 6.42 Å². The van der Waals surface area contributed by atoms with Gasteiger partial charge in [-0.25, -0.2) is 0 Å². The van der Waals surface area contributed by atoms with E-state index in [0.717, 1.165) is 25.7 Å². The lowest BCUT2D eigenvalue weighted by molar-refractivity contribution is -0.143. The Bertz CT molecular complexity index is 156. The predicted octanol–water partition coefficient (Wildman–Crippen LogP) is 1.67. The second-order valence-electron chi connectivity index (χ2n) is 2.94. The van der Waals surface area contributed by atoms with Gasteiger partial charge in [-0.2, -0.15) is 0 Å². The van der Waals surface area contributed by atoms with Crippen LogP contribution in [0.15, 0.2) is 0 Å². The zero-order chi connectivity index (χ0) is 10.6. The normalized spacial score (nSPS) is 9.50. The van der Waals surface area contributed by atoms with Crippen molar-refractivity contribution in [1.82, 2.24) is 0 Å². The van der Waals surface area contributed by atoms with Crippen molar-refractivity contribution in [2.45, 2.75) is 39.0 Å². The summed E-state index contributed by atoms with van der Waals surface area (Å²) in [5.41, 5.74) is 0. The molecule has 0 unspecified atom stereocenters. The summed E-state index contributed by atoms with van der Waals surface area (Å²) in [6, 6.07) is 0. The van der Waals surface area contributed by atoms with E-state index in [2.05, 4.69) is 4.74 Å². The highest BCUT2D eigenvalue weighted by molar-refractivity contribution is 5.69. The summed E-state index contributed by atoms with van der Waals surface area (Å²) in [6.07, 6.45) is 4.15. The fourth-order valence-electron chi connectivity index (χ4n) is 1.09. The fraction of sp³-hybridized carbons (Fsp3) is 0.800. The molecule has 0 aromatic rings. The van der Waals surface area contributed by atoms with Gasteiger partial charge < -0.3 is 9.47 Å². The minimum atomic E-state index is -0.128. The van der Waals surface area contributed by atoms with E-state index >= 15 is 0 Å². The molecular weight excluding hydrogens is 184 g/mol. The molecule has 0 aliphatic carbocycles. The van der Waals surface area contributed by atoms with Crippen molar-refractivity contribution < 1.29 is 19.1 Å². The topological polar surface area (TPSA) is 52.6 Å². The van der Waals surface area contributed by atoms with Crippen LogP contribution in [0.4, 0.5) is 0 Å². The lowest BCUT2D eigenvalue weighted by Gasteiger charge is -2.01. The summed E-state index contributed by atoms with van der Waals surface area (Å²) in [6.45, 7) is 3.18. The average Bonchev–Trinajstić information content (AvgIpc) is 2.17. The molecule has 0 N–H and O–H groups in total. The van der Waals surface area contributed by atoms with Crippen LogP contribution in [0.2, 0.25) is 0 Å². The Labute approximate surface area is 84.6 Å². The van der Waals surface area contributed by atoms with Gasteiger partial charge in [-0.1, -0.05) is 12.8 Å². The van der Waals surface area contributed by atoms with Crippen molar-refractivity contribution in [3.8, 4) is 0 Å². The molecule has 0 amide bonds. The molecule has 0 spiro atoms. The Hall–Kier alpha value is -1.06. The number of hydrogen-bond acceptors (Lipinski definition) is 4. The largest absolute Gasteiger partial charge is 0.468 e. The maximum atomic E-state index is 10.9. The van der Waals surface area contributed by atoms with Crippen LogP contribution in [0.1, 0.15) is 39.0 Å². The SMILES string of the molecule is CCOC(=O)CCCCCCOC=O. The van der Waals surface area contributed by atoms with E-state index in [1.54, 1.807) is 6.92 Å². The fourth-order valence-corrected chi connectivity index (χ4v) is 1.09. The highest BCUT2D eigenvalue weighted by Crippen LogP contribution is 2.03. The quantitative estimate of drug-likeness (QED) is 0.324. The van der Waals surface area contributed by atoms with Gasteiger partial charge in [-0.3, -0.25) is 9.59 Å². The van der Waals surface area contributed by atoms with Gasteiger partial charge in [0.1, 0.15) is 0 Å². The van der Waals surface area contributed by atoms with Gasteiger partial charge in [0.25, 0.3) is 6.47 Å². The third kappa shape index (κ3) is 9.03. The number of carbonyl (C=O) groups is 2. The van der Waals surface area contributed by atoms with Crippen molar-refractivity contribution in [3.63, 3.8) is 0 Å². The Morgan fingerprint density at radius 1 is 1.21 bits per heavy atom. The number of esters is 1. The molecule has 4 heteroatoms. The maximum Gasteiger partial charge on any atom is 0.305 e. The second kappa shape index (κ2) is 10.0. The highest BCUT2D eigenvalue weighted by atomic mass is 16.5. The third-order valence-corrected chi connectivity index (χ3v) is 1.77. The van der Waals surface area contributed by atoms with Crippen molar-refractivity contribution in [3.05, 3.63) is 0 Å². The number of rotatable bonds is 9. The summed E-state index contributed by atoms with van der Waals surface area (Å²) < 4.78 is 9.30. The van der Waals surface area contributed by atoms with Crippen LogP contribution in [-0.4, -0.2) is 25.7 Å². The molecule has 0 atom stereocenters. The summed E-state index contributed by atoms with van der Waals surface area (Å²) in [7, 11) is 0. The molecule has 0 radical (unpaired) electrons. The first kappa shape index (κ1) is 12.9. The molecule has 0 bridgehead atoms. The Balaban J connectivity index is 3.05. The van der Waals surface area contributed by atoms with Gasteiger partial charge >= 0.3 is 5.97 Å². The molecule has 0 rings (SSSR count). The first-order valence-corrected chi connectivity index (χ1v) is 5.02. The van der Waals surface area contributed by atoms with Gasteiger partial charge in [0.15, 0.2) is 0 Å². The number of hydrogen-bond donors (Lipinski definition) is 0. The standard InChI is InChI=1S/C10H18O4/c1-2-14-10(12)7-5-3-4-6-8-13-9-11/h9H,2-8H2,1H3. The number of carbonyl (C=O) groups excluding carboxylic acids is 2. The first-order chi connectivity index (χ1) is 6.81. The highest BCUT2D eigenvalue weighted by Gasteiger charge is 2.00. The van der Waals surface area contributed by atoms with Crippen LogP contribution in [0.5, 0.6) is 0 Å². The molecule has 0 fully saturated rings. The van der Waals surface area contributed by atoms with Gasteiger partial charge in [0.2, 0.25) is 0 Å². The van der Waals surface area contributed by atoms with E-state index < -0.39 is 0 Å². The van der Waals surface area contributed by atoms with Crippen LogP contribution in [0.25, 0.3) is 0 Å². The van der Waals surface area contributed by atoms with Crippen LogP contribution < -0.4 is 0 Å². The van der Waals surface area contributed by atoms with Gasteiger partial charge in [-0.05, 0) is 19.8 Å². The molecule has 14 heavy (non-hydrogen) atoms. The van der Waals surface area contributed by atoms with Crippen molar-refractivity contribution in [2.75, 3.05) is 13.2 Å². The first-order valence-electron chi connectivity index (χ1n) is 5.02. The van der Waals surface area contributed by atoms with Crippen molar-refractivity contribution in [2.24, 2.45) is 0 Å². The Kier molecular flexibility index (Phi) is 9.26. The minimum Gasteiger partial charge on any atom is -0.468 e. The molecule has 0 saturated carbocycles. The van der Waals surface area contributed by atoms with Crippen molar-refractivity contribution >= 4 is 12.4 Å². The summed E-state index contributed by atoms with van der Waals surface area (Å²) >= 11 is 0. The smallest absolute Gasteiger partial charge is 0.305 e. The molecule has 0 heterocycles. The Morgan fingerprint density at radius 3 is 2.57 bits per heavy atom. The zero-order valence-electron chi connectivity index (χ0n) is 8.66. The van der Waals surface area contributed by atoms with Gasteiger partial charge in [0.05, 0.1) is 13.2 Å². The molecule has 4 nitrogen and oxygen atoms in total. The van der Waals surface area contributed by atoms with Crippen LogP contribution in [0, 0.1) is 0 Å². The summed E-state index contributed by atoms with van der Waals surface area (Å²) in [5.74, 6) is -0.128. The lowest BCUT2D eigenvalue weighted by Crippen LogP contribution is -2.03. The van der Waals surface area contributed by atoms with Crippen LogP contribution >= 0.6 is 0 Å². The Morgan fingerprint density at radius 2 is 1.93 bits per heavy atom. The third-order valence-electron chi connectivity index (χ3n) is 1.77. The molecule has 0 aliphatic rings. The van der Waals surface area contributed by atoms with E-state index in [1.165, 1.54) is 0 Å². The summed E-state index contributed by atoms with van der Waals surface area (Å²) in [5, 5.41) is 0. The molecular formula is C10H18O4. The molecule has 0 aliphatic heterocycles. The van der Waals surface area contributed by atoms with E-state index in [1.807, 2.05) is 0 Å². The van der Waals surface area contributed by atoms with E-state index in [4.69, 9.17) is 4.74 Å². The van der Waals surface area contributed by atoms with Crippen molar-refractivity contribution in [1.29, 1.82) is 0 Å². The number of unbranched alkanes of at least 4 members (excludes halogenated alkanes) is 3. The van der Waals surface area contributed by atoms with Gasteiger partial charge in [-0.15, -0.1) is 0 Å². The molecule has 0 aromatic heterocycles. The summed E-state index contributed by atoms with van der Waals surface area (Å²) in [4.78, 5) is 20.7. The zero-order valence-corrected chi connectivity index (χ0v) is 8.66. The minimum absolute atomic E-state index is 0.128. The monoisotopic (exact) mass is 202 g/mol. The van der Waals surface area contributed by atoms with E-state index in [9.17, 15) is 9.59 Å². The molecule has 82 valence electrons. The van der Waals surface area contributed by atoms with E-state index in [0.29, 0.717) is 26.1 Å². The van der Waals surface area contributed by atoms with Crippen LogP contribution in [-0.2, 0) is 19.1 Å². The predicted molar refractivity (Wildman–Crippen MR) is 51.7 cm³/mol.